The lowest BCUT2D eigenvalue weighted by molar-refractivity contribution is -0.160. The molecule has 0 aliphatic carbocycles. The monoisotopic (exact) mass is 413 g/mol. The minimum absolute atomic E-state index is 0.138. The van der Waals surface area contributed by atoms with Crippen molar-refractivity contribution in [2.24, 2.45) is 0 Å². The van der Waals surface area contributed by atoms with Crippen LogP contribution in [0.3, 0.4) is 0 Å². The van der Waals surface area contributed by atoms with Crippen LogP contribution in [0, 0.1) is 0 Å². The van der Waals surface area contributed by atoms with E-state index in [1.54, 1.807) is 11.4 Å². The summed E-state index contributed by atoms with van der Waals surface area (Å²) in [6, 6.07) is 3.55. The number of amides is 2. The van der Waals surface area contributed by atoms with Gasteiger partial charge in [0.25, 0.3) is 0 Å². The summed E-state index contributed by atoms with van der Waals surface area (Å²) >= 11 is 8.42. The summed E-state index contributed by atoms with van der Waals surface area (Å²) in [6.07, 6.45) is -5.97. The minimum Gasteiger partial charge on any atom is -0.440 e. The van der Waals surface area contributed by atoms with Crippen LogP contribution in [0.5, 0.6) is 0 Å². The molecule has 2 rings (SSSR count). The number of nitrogens with one attached hydrogen (secondary N) is 2. The lowest BCUT2D eigenvalue weighted by Crippen LogP contribution is -2.31. The second-order valence-corrected chi connectivity index (χ2v) is 7.13. The number of carbonyl (C=O) groups excluding carboxylic acids is 2. The molecule has 6 nitrogen and oxygen atoms in total. The van der Waals surface area contributed by atoms with Gasteiger partial charge in [-0.1, -0.05) is 11.6 Å². The molecule has 0 saturated heterocycles. The van der Waals surface area contributed by atoms with Crippen LogP contribution >= 0.6 is 34.3 Å². The van der Waals surface area contributed by atoms with Gasteiger partial charge in [-0.3, -0.25) is 4.79 Å². The normalized spacial score (nSPS) is 11.2. The van der Waals surface area contributed by atoms with E-state index in [1.807, 2.05) is 6.07 Å². The highest BCUT2D eigenvalue weighted by molar-refractivity contribution is 7.20. The lowest BCUT2D eigenvalue weighted by Gasteiger charge is -2.08. The molecule has 136 valence electrons. The van der Waals surface area contributed by atoms with Gasteiger partial charge in [0.05, 0.1) is 14.9 Å². The van der Waals surface area contributed by atoms with Crippen molar-refractivity contribution in [1.29, 1.82) is 0 Å². The van der Waals surface area contributed by atoms with E-state index in [9.17, 15) is 22.8 Å². The van der Waals surface area contributed by atoms with Gasteiger partial charge < -0.3 is 15.4 Å². The molecule has 2 aromatic heterocycles. The molecule has 2 N–H and O–H groups in total. The third-order valence-electron chi connectivity index (χ3n) is 2.56. The summed E-state index contributed by atoms with van der Waals surface area (Å²) in [5.41, 5.74) is 0.672. The quantitative estimate of drug-likeness (QED) is 0.745. The lowest BCUT2D eigenvalue weighted by atomic mass is 10.4. The Bertz CT molecular complexity index is 748. The third-order valence-corrected chi connectivity index (χ3v) is 4.58. The zero-order valence-corrected chi connectivity index (χ0v) is 14.7. The maximum atomic E-state index is 11.9. The molecule has 0 atom stereocenters. The van der Waals surface area contributed by atoms with Gasteiger partial charge >= 0.3 is 12.3 Å². The molecule has 0 unspecified atom stereocenters. The number of thiazole rings is 1. The largest absolute Gasteiger partial charge is 0.440 e. The van der Waals surface area contributed by atoms with E-state index in [1.165, 1.54) is 22.7 Å². The summed E-state index contributed by atoms with van der Waals surface area (Å²) in [5.74, 6) is -0.443. The number of carbonyl (C=O) groups is 2. The van der Waals surface area contributed by atoms with E-state index in [0.717, 1.165) is 4.88 Å². The number of hydrogen-bond donors (Lipinski definition) is 2. The molecular weight excluding hydrogens is 403 g/mol. The van der Waals surface area contributed by atoms with Gasteiger partial charge in [0.1, 0.15) is 0 Å². The van der Waals surface area contributed by atoms with E-state index in [4.69, 9.17) is 11.6 Å². The Labute approximate surface area is 153 Å². The first kappa shape index (κ1) is 19.5. The smallest absolute Gasteiger partial charge is 0.422 e. The van der Waals surface area contributed by atoms with Crippen molar-refractivity contribution < 1.29 is 27.5 Å². The van der Waals surface area contributed by atoms with Crippen LogP contribution in [0.2, 0.25) is 4.34 Å². The highest BCUT2D eigenvalue weighted by Crippen LogP contribution is 2.32. The first-order chi connectivity index (χ1) is 11.7. The number of aromatic nitrogens is 1. The predicted molar refractivity (Wildman–Crippen MR) is 89.1 cm³/mol. The Morgan fingerprint density at radius 2 is 2.08 bits per heavy atom. The average molecular weight is 414 g/mol. The molecule has 2 heterocycles. The van der Waals surface area contributed by atoms with Crippen LogP contribution in [0.4, 0.5) is 23.1 Å². The molecule has 0 radical (unpaired) electrons. The van der Waals surface area contributed by atoms with Gasteiger partial charge in [-0.2, -0.15) is 13.2 Å². The number of anilines is 1. The molecule has 0 aliphatic rings. The first-order valence-electron chi connectivity index (χ1n) is 6.71. The maximum absolute atomic E-state index is 11.9. The van der Waals surface area contributed by atoms with E-state index in [2.05, 4.69) is 20.4 Å². The predicted octanol–water partition coefficient (Wildman–Crippen LogP) is 4.14. The molecule has 0 fully saturated rings. The van der Waals surface area contributed by atoms with Crippen molar-refractivity contribution >= 4 is 51.4 Å². The average Bonchev–Trinajstić information content (AvgIpc) is 3.13. The molecule has 0 spiro atoms. The van der Waals surface area contributed by atoms with Crippen LogP contribution in [0.25, 0.3) is 10.6 Å². The van der Waals surface area contributed by atoms with Crippen molar-refractivity contribution in [2.45, 2.75) is 12.6 Å². The molecule has 12 heteroatoms. The van der Waals surface area contributed by atoms with E-state index in [-0.39, 0.29) is 13.0 Å². The Hall–Kier alpha value is -1.85. The maximum Gasteiger partial charge on any atom is 0.422 e. The van der Waals surface area contributed by atoms with Gasteiger partial charge in [-0.25, -0.2) is 9.78 Å². The molecular formula is C13H11ClF3N3O3S2. The van der Waals surface area contributed by atoms with Crippen molar-refractivity contribution in [3.05, 3.63) is 21.8 Å². The molecule has 0 aromatic carbocycles. The van der Waals surface area contributed by atoms with Gasteiger partial charge in [-0.15, -0.1) is 22.7 Å². The summed E-state index contributed by atoms with van der Waals surface area (Å²) in [5, 5.41) is 6.71. The van der Waals surface area contributed by atoms with E-state index >= 15 is 0 Å². The standard InChI is InChI=1S/C13H11ClF3N3O3S2/c14-9-2-1-8(25-9)7-5-24-11(19-7)20-10(21)3-4-18-12(22)23-6-13(15,16)17/h1-2,5H,3-4,6H2,(H,18,22)(H,19,20,21). The summed E-state index contributed by atoms with van der Waals surface area (Å²) in [4.78, 5) is 27.8. The zero-order chi connectivity index (χ0) is 18.4. The number of nitrogens with zero attached hydrogens (tertiary/aromatic N) is 1. The third kappa shape index (κ3) is 6.88. The number of halogens is 4. The topological polar surface area (TPSA) is 80.3 Å². The number of alkyl carbamates (subject to hydrolysis) is 1. The van der Waals surface area contributed by atoms with Crippen LogP contribution in [0.1, 0.15) is 6.42 Å². The van der Waals surface area contributed by atoms with Crippen molar-refractivity contribution in [3.63, 3.8) is 0 Å². The first-order valence-corrected chi connectivity index (χ1v) is 8.79. The van der Waals surface area contributed by atoms with Gasteiger partial charge in [-0.05, 0) is 12.1 Å². The fraction of sp³-hybridized carbons (Fsp3) is 0.308. The zero-order valence-electron chi connectivity index (χ0n) is 12.4. The molecule has 0 saturated carbocycles. The van der Waals surface area contributed by atoms with Crippen LogP contribution < -0.4 is 10.6 Å². The molecule has 2 amide bonds. The fourth-order valence-corrected chi connectivity index (χ4v) is 3.36. The van der Waals surface area contributed by atoms with Gasteiger partial charge in [0.15, 0.2) is 11.7 Å². The Balaban J connectivity index is 1.72. The van der Waals surface area contributed by atoms with Crippen molar-refractivity contribution in [1.82, 2.24) is 10.3 Å². The Kier molecular flexibility index (Phi) is 6.62. The molecule has 25 heavy (non-hydrogen) atoms. The number of hydrogen-bond acceptors (Lipinski definition) is 6. The molecule has 0 aliphatic heterocycles. The summed E-state index contributed by atoms with van der Waals surface area (Å²) in [6.45, 7) is -1.85. The van der Waals surface area contributed by atoms with Crippen molar-refractivity contribution in [2.75, 3.05) is 18.5 Å². The van der Waals surface area contributed by atoms with Gasteiger partial charge in [0.2, 0.25) is 5.91 Å². The van der Waals surface area contributed by atoms with Gasteiger partial charge in [0, 0.05) is 18.3 Å². The second-order valence-electron chi connectivity index (χ2n) is 4.56. The molecule has 2 aromatic rings. The Morgan fingerprint density at radius 3 is 2.72 bits per heavy atom. The summed E-state index contributed by atoms with van der Waals surface area (Å²) < 4.78 is 40.1. The van der Waals surface area contributed by atoms with Crippen molar-refractivity contribution in [3.8, 4) is 10.6 Å². The fourth-order valence-electron chi connectivity index (χ4n) is 1.55. The van der Waals surface area contributed by atoms with Crippen LogP contribution in [0.15, 0.2) is 17.5 Å². The number of ether oxygens (including phenoxy) is 1. The van der Waals surface area contributed by atoms with E-state index < -0.39 is 24.8 Å². The van der Waals surface area contributed by atoms with Crippen LogP contribution in [-0.4, -0.2) is 36.3 Å². The van der Waals surface area contributed by atoms with Crippen LogP contribution in [-0.2, 0) is 9.53 Å². The minimum atomic E-state index is -4.59. The Morgan fingerprint density at radius 1 is 1.32 bits per heavy atom. The number of thiophene rings is 1. The van der Waals surface area contributed by atoms with E-state index in [0.29, 0.717) is 15.2 Å². The number of rotatable bonds is 6. The summed E-state index contributed by atoms with van der Waals surface area (Å²) in [7, 11) is 0. The number of alkyl halides is 3. The highest BCUT2D eigenvalue weighted by atomic mass is 35.5. The highest BCUT2D eigenvalue weighted by Gasteiger charge is 2.29. The SMILES string of the molecule is O=C(CCNC(=O)OCC(F)(F)F)Nc1nc(-c2ccc(Cl)s2)cs1. The molecule has 0 bridgehead atoms. The second kappa shape index (κ2) is 8.50.